The van der Waals surface area contributed by atoms with Crippen molar-refractivity contribution in [1.29, 1.82) is 0 Å². The van der Waals surface area contributed by atoms with Crippen LogP contribution in [0.25, 0.3) is 0 Å². The number of sulfonamides is 1. The number of hydrogen-bond donors (Lipinski definition) is 2. The Kier molecular flexibility index (Phi) is 6.06. The number of furan rings is 1. The van der Waals surface area contributed by atoms with E-state index in [2.05, 4.69) is 10.9 Å². The van der Waals surface area contributed by atoms with Gasteiger partial charge in [-0.1, -0.05) is 6.07 Å². The van der Waals surface area contributed by atoms with Crippen molar-refractivity contribution in [2.24, 2.45) is 0 Å². The molecule has 2 aromatic rings. The summed E-state index contributed by atoms with van der Waals surface area (Å²) < 4.78 is 37.7. The lowest BCUT2D eigenvalue weighted by atomic mass is 10.1. The van der Waals surface area contributed by atoms with Crippen LogP contribution in [0, 0.1) is 20.8 Å². The molecule has 9 nitrogen and oxygen atoms in total. The fourth-order valence-corrected chi connectivity index (χ4v) is 4.71. The molecule has 1 aromatic carbocycles. The second-order valence-corrected chi connectivity index (χ2v) is 8.64. The minimum atomic E-state index is -3.75. The third-order valence-electron chi connectivity index (χ3n) is 4.61. The lowest BCUT2D eigenvalue weighted by molar-refractivity contribution is 0.0730. The molecule has 29 heavy (non-hydrogen) atoms. The van der Waals surface area contributed by atoms with Crippen LogP contribution in [0.5, 0.6) is 0 Å². The largest absolute Gasteiger partial charge is 0.466 e. The quantitative estimate of drug-likeness (QED) is 0.719. The molecule has 156 valence electrons. The van der Waals surface area contributed by atoms with E-state index in [0.29, 0.717) is 35.9 Å². The van der Waals surface area contributed by atoms with Gasteiger partial charge < -0.3 is 9.15 Å². The first-order valence-electron chi connectivity index (χ1n) is 9.06. The normalized spacial score (nSPS) is 15.1. The minimum absolute atomic E-state index is 0.0553. The third kappa shape index (κ3) is 4.50. The number of nitrogens with zero attached hydrogens (tertiary/aromatic N) is 1. The second-order valence-electron chi connectivity index (χ2n) is 6.73. The molecule has 2 amide bonds. The van der Waals surface area contributed by atoms with E-state index in [0.717, 1.165) is 0 Å². The van der Waals surface area contributed by atoms with Crippen LogP contribution in [0.2, 0.25) is 0 Å². The van der Waals surface area contributed by atoms with Gasteiger partial charge in [0.1, 0.15) is 11.5 Å². The molecular formula is C19H23N3O6S. The molecule has 2 heterocycles. The van der Waals surface area contributed by atoms with Crippen molar-refractivity contribution in [3.63, 3.8) is 0 Å². The number of amides is 2. The van der Waals surface area contributed by atoms with Crippen molar-refractivity contribution < 1.29 is 27.2 Å². The summed E-state index contributed by atoms with van der Waals surface area (Å²) in [5.41, 5.74) is 5.57. The third-order valence-corrected chi connectivity index (χ3v) is 6.65. The van der Waals surface area contributed by atoms with Gasteiger partial charge in [0.2, 0.25) is 10.0 Å². The number of carbonyl (C=O) groups excluding carboxylic acids is 2. The summed E-state index contributed by atoms with van der Waals surface area (Å²) in [4.78, 5) is 24.7. The zero-order valence-electron chi connectivity index (χ0n) is 16.4. The molecule has 3 rings (SSSR count). The molecule has 1 fully saturated rings. The maximum Gasteiger partial charge on any atom is 0.273 e. The SMILES string of the molecule is Cc1cc(C(=O)NNC(=O)c2ccc(C)c(S(=O)(=O)N3CCOCC3)c2)c(C)o1. The topological polar surface area (TPSA) is 118 Å². The molecule has 0 atom stereocenters. The summed E-state index contributed by atoms with van der Waals surface area (Å²) in [7, 11) is -3.75. The van der Waals surface area contributed by atoms with Gasteiger partial charge in [-0.2, -0.15) is 4.31 Å². The first-order chi connectivity index (χ1) is 13.7. The molecule has 10 heteroatoms. The molecule has 0 aliphatic carbocycles. The summed E-state index contributed by atoms with van der Waals surface area (Å²) in [6.45, 7) is 6.21. The first-order valence-corrected chi connectivity index (χ1v) is 10.5. The summed E-state index contributed by atoms with van der Waals surface area (Å²) >= 11 is 0. The molecular weight excluding hydrogens is 398 g/mol. The number of rotatable bonds is 4. The average molecular weight is 421 g/mol. The van der Waals surface area contributed by atoms with Crippen molar-refractivity contribution in [3.05, 3.63) is 52.5 Å². The van der Waals surface area contributed by atoms with Gasteiger partial charge in [0.15, 0.2) is 0 Å². The van der Waals surface area contributed by atoms with Crippen LogP contribution in [0.4, 0.5) is 0 Å². The number of carbonyl (C=O) groups is 2. The fourth-order valence-electron chi connectivity index (χ4n) is 3.05. The van der Waals surface area contributed by atoms with Gasteiger partial charge in [0.05, 0.1) is 23.7 Å². The lowest BCUT2D eigenvalue weighted by Crippen LogP contribution is -2.42. The lowest BCUT2D eigenvalue weighted by Gasteiger charge is -2.26. The van der Waals surface area contributed by atoms with E-state index >= 15 is 0 Å². The molecule has 1 saturated heterocycles. The number of ether oxygens (including phenoxy) is 1. The number of aryl methyl sites for hydroxylation is 3. The highest BCUT2D eigenvalue weighted by Gasteiger charge is 2.28. The maximum atomic E-state index is 12.9. The fraction of sp³-hybridized carbons (Fsp3) is 0.368. The summed E-state index contributed by atoms with van der Waals surface area (Å²) in [6, 6.07) is 5.95. The number of hydrazine groups is 1. The molecule has 0 unspecified atom stereocenters. The van der Waals surface area contributed by atoms with Gasteiger partial charge in [-0.15, -0.1) is 0 Å². The van der Waals surface area contributed by atoms with Crippen molar-refractivity contribution in [3.8, 4) is 0 Å². The number of hydrogen-bond acceptors (Lipinski definition) is 6. The number of benzene rings is 1. The van der Waals surface area contributed by atoms with E-state index in [1.165, 1.54) is 16.4 Å². The molecule has 0 radical (unpaired) electrons. The molecule has 0 saturated carbocycles. The van der Waals surface area contributed by atoms with Gasteiger partial charge in [-0.3, -0.25) is 20.4 Å². The smallest absolute Gasteiger partial charge is 0.273 e. The Hall–Kier alpha value is -2.69. The molecule has 1 aliphatic rings. The van der Waals surface area contributed by atoms with Crippen LogP contribution < -0.4 is 10.9 Å². The van der Waals surface area contributed by atoms with Crippen LogP contribution in [-0.4, -0.2) is 50.8 Å². The van der Waals surface area contributed by atoms with Crippen molar-refractivity contribution >= 4 is 21.8 Å². The predicted octanol–water partition coefficient (Wildman–Crippen LogP) is 1.30. The van der Waals surface area contributed by atoms with E-state index in [4.69, 9.17) is 9.15 Å². The highest BCUT2D eigenvalue weighted by molar-refractivity contribution is 7.89. The van der Waals surface area contributed by atoms with Crippen LogP contribution in [0.15, 0.2) is 33.6 Å². The summed E-state index contributed by atoms with van der Waals surface area (Å²) in [5.74, 6) is -0.144. The summed E-state index contributed by atoms with van der Waals surface area (Å²) in [6.07, 6.45) is 0. The molecule has 1 aromatic heterocycles. The average Bonchev–Trinajstić information content (AvgIpc) is 3.04. The Bertz CT molecular complexity index is 1040. The first kappa shape index (κ1) is 21.0. The van der Waals surface area contributed by atoms with E-state index in [-0.39, 0.29) is 23.5 Å². The standard InChI is InChI=1S/C19H23N3O6S/c1-12-4-5-15(11-17(12)29(25,26)22-6-8-27-9-7-22)18(23)20-21-19(24)16-10-13(2)28-14(16)3/h4-5,10-11H,6-9H2,1-3H3,(H,20,23)(H,21,24). The predicted molar refractivity (Wildman–Crippen MR) is 104 cm³/mol. The maximum absolute atomic E-state index is 12.9. The van der Waals surface area contributed by atoms with Gasteiger partial charge in [0, 0.05) is 18.7 Å². The van der Waals surface area contributed by atoms with Crippen molar-refractivity contribution in [2.45, 2.75) is 25.7 Å². The van der Waals surface area contributed by atoms with Crippen LogP contribution in [0.1, 0.15) is 37.8 Å². The highest BCUT2D eigenvalue weighted by Crippen LogP contribution is 2.22. The monoisotopic (exact) mass is 421 g/mol. The summed E-state index contributed by atoms with van der Waals surface area (Å²) in [5, 5.41) is 0. The zero-order valence-corrected chi connectivity index (χ0v) is 17.3. The Morgan fingerprint density at radius 1 is 1.00 bits per heavy atom. The molecule has 1 aliphatic heterocycles. The highest BCUT2D eigenvalue weighted by atomic mass is 32.2. The number of morpholine rings is 1. The van der Waals surface area contributed by atoms with Crippen molar-refractivity contribution in [1.82, 2.24) is 15.2 Å². The van der Waals surface area contributed by atoms with Crippen LogP contribution in [-0.2, 0) is 14.8 Å². The van der Waals surface area contributed by atoms with Gasteiger partial charge >= 0.3 is 0 Å². The Labute approximate surface area is 169 Å². The second kappa shape index (κ2) is 8.36. The zero-order chi connectivity index (χ0) is 21.2. The Morgan fingerprint density at radius 2 is 1.66 bits per heavy atom. The van der Waals surface area contributed by atoms with Crippen LogP contribution in [0.3, 0.4) is 0 Å². The van der Waals surface area contributed by atoms with Crippen molar-refractivity contribution in [2.75, 3.05) is 26.3 Å². The van der Waals surface area contributed by atoms with Crippen LogP contribution >= 0.6 is 0 Å². The van der Waals surface area contributed by atoms with Gasteiger partial charge in [-0.05, 0) is 44.5 Å². The van der Waals surface area contributed by atoms with Gasteiger partial charge in [-0.25, -0.2) is 8.42 Å². The Morgan fingerprint density at radius 3 is 2.28 bits per heavy atom. The van der Waals surface area contributed by atoms with E-state index in [9.17, 15) is 18.0 Å². The minimum Gasteiger partial charge on any atom is -0.466 e. The van der Waals surface area contributed by atoms with E-state index < -0.39 is 21.8 Å². The van der Waals surface area contributed by atoms with E-state index in [1.54, 1.807) is 32.9 Å². The molecule has 2 N–H and O–H groups in total. The molecule has 0 bridgehead atoms. The van der Waals surface area contributed by atoms with Gasteiger partial charge in [0.25, 0.3) is 11.8 Å². The molecule has 0 spiro atoms. The van der Waals surface area contributed by atoms with E-state index in [1.807, 2.05) is 0 Å². The Balaban J connectivity index is 1.75. The number of nitrogens with one attached hydrogen (secondary N) is 2.